The van der Waals surface area contributed by atoms with Gasteiger partial charge in [0, 0.05) is 20.3 Å². The minimum Gasteiger partial charge on any atom is -0.315 e. The molecule has 0 amide bonds. The van der Waals surface area contributed by atoms with Gasteiger partial charge in [0.25, 0.3) is 0 Å². The topological polar surface area (TPSA) is 48.5 Å². The zero-order valence-corrected chi connectivity index (χ0v) is 6.97. The maximum absolute atomic E-state index is 4.21. The first-order valence-corrected chi connectivity index (χ1v) is 3.61. The molecule has 0 aliphatic carbocycles. The lowest BCUT2D eigenvalue weighted by atomic mass is 10.4. The third-order valence-corrected chi connectivity index (χ3v) is 1.65. The van der Waals surface area contributed by atoms with E-state index in [0.717, 1.165) is 11.5 Å². The van der Waals surface area contributed by atoms with E-state index in [1.807, 2.05) is 30.9 Å². The summed E-state index contributed by atoms with van der Waals surface area (Å²) in [4.78, 5) is 0. The Hall–Kier alpha value is -1.65. The highest BCUT2D eigenvalue weighted by Crippen LogP contribution is 2.10. The molecule has 0 aliphatic heterocycles. The van der Waals surface area contributed by atoms with E-state index in [2.05, 4.69) is 15.3 Å². The lowest BCUT2D eigenvalue weighted by molar-refractivity contribution is 0.765. The fourth-order valence-corrected chi connectivity index (χ4v) is 1.05. The summed E-state index contributed by atoms with van der Waals surface area (Å²) in [6, 6.07) is 1.91. The molecule has 0 saturated carbocycles. The van der Waals surface area contributed by atoms with Gasteiger partial charge in [0.05, 0.1) is 0 Å². The predicted octanol–water partition coefficient (Wildman–Crippen LogP) is 0.216. The van der Waals surface area contributed by atoms with Crippen molar-refractivity contribution >= 4 is 0 Å². The van der Waals surface area contributed by atoms with Gasteiger partial charge in [0.2, 0.25) is 0 Å². The summed E-state index contributed by atoms with van der Waals surface area (Å²) < 4.78 is 3.58. The molecule has 12 heavy (non-hydrogen) atoms. The molecule has 0 fully saturated rings. The second kappa shape index (κ2) is 2.44. The van der Waals surface area contributed by atoms with Crippen molar-refractivity contribution in [3.63, 3.8) is 0 Å². The molecule has 5 nitrogen and oxygen atoms in total. The van der Waals surface area contributed by atoms with Crippen LogP contribution in [0.4, 0.5) is 0 Å². The van der Waals surface area contributed by atoms with Gasteiger partial charge in [0.15, 0.2) is 5.82 Å². The van der Waals surface area contributed by atoms with Gasteiger partial charge >= 0.3 is 0 Å². The van der Waals surface area contributed by atoms with E-state index in [9.17, 15) is 0 Å². The molecule has 2 aromatic rings. The molecule has 0 saturated heterocycles. The van der Waals surface area contributed by atoms with E-state index < -0.39 is 0 Å². The summed E-state index contributed by atoms with van der Waals surface area (Å²) in [7, 11) is 3.77. The van der Waals surface area contributed by atoms with E-state index in [-0.39, 0.29) is 0 Å². The first kappa shape index (κ1) is 7.02. The molecule has 0 N–H and O–H groups in total. The smallest absolute Gasteiger partial charge is 0.184 e. The summed E-state index contributed by atoms with van der Waals surface area (Å²) in [6.07, 6.45) is 3.54. The van der Waals surface area contributed by atoms with Crippen molar-refractivity contribution in [3.05, 3.63) is 18.6 Å². The molecular formula is C7H9N5. The van der Waals surface area contributed by atoms with Crippen LogP contribution < -0.4 is 0 Å². The molecule has 0 radical (unpaired) electrons. The Labute approximate surface area is 69.7 Å². The summed E-state index contributed by atoms with van der Waals surface area (Å²) in [6.45, 7) is 0. The number of hydrogen-bond donors (Lipinski definition) is 0. The third-order valence-electron chi connectivity index (χ3n) is 1.65. The third kappa shape index (κ3) is 0.990. The Bertz CT molecular complexity index is 386. The van der Waals surface area contributed by atoms with Crippen LogP contribution in [-0.2, 0) is 14.1 Å². The van der Waals surface area contributed by atoms with E-state index >= 15 is 0 Å². The van der Waals surface area contributed by atoms with Crippen LogP contribution in [0.25, 0.3) is 11.5 Å². The van der Waals surface area contributed by atoms with Crippen LogP contribution in [0.2, 0.25) is 0 Å². The van der Waals surface area contributed by atoms with Crippen LogP contribution in [0.3, 0.4) is 0 Å². The molecule has 0 bridgehead atoms. The second-order valence-corrected chi connectivity index (χ2v) is 2.64. The number of hydrogen-bond acceptors (Lipinski definition) is 3. The summed E-state index contributed by atoms with van der Waals surface area (Å²) in [5, 5.41) is 11.9. The normalized spacial score (nSPS) is 10.5. The molecule has 0 aromatic carbocycles. The van der Waals surface area contributed by atoms with Crippen LogP contribution in [0, 0.1) is 0 Å². The van der Waals surface area contributed by atoms with Crippen molar-refractivity contribution < 1.29 is 0 Å². The lowest BCUT2D eigenvalue weighted by Gasteiger charge is -1.93. The predicted molar refractivity (Wildman–Crippen MR) is 43.2 cm³/mol. The van der Waals surface area contributed by atoms with Gasteiger partial charge in [-0.15, -0.1) is 10.2 Å². The Kier molecular flexibility index (Phi) is 1.43. The first-order valence-electron chi connectivity index (χ1n) is 3.61. The van der Waals surface area contributed by atoms with Crippen molar-refractivity contribution in [1.82, 2.24) is 24.5 Å². The minimum atomic E-state index is 0.788. The molecule has 2 rings (SSSR count). The van der Waals surface area contributed by atoms with Crippen LogP contribution in [0.5, 0.6) is 0 Å². The molecule has 5 heteroatoms. The number of aromatic nitrogens is 5. The molecule has 0 aliphatic rings. The van der Waals surface area contributed by atoms with Gasteiger partial charge in [0.1, 0.15) is 12.0 Å². The van der Waals surface area contributed by atoms with Gasteiger partial charge in [-0.1, -0.05) is 0 Å². The highest BCUT2D eigenvalue weighted by Gasteiger charge is 2.05. The number of nitrogens with zero attached hydrogens (tertiary/aromatic N) is 5. The monoisotopic (exact) mass is 163 g/mol. The second-order valence-electron chi connectivity index (χ2n) is 2.64. The van der Waals surface area contributed by atoms with E-state index in [0.29, 0.717) is 0 Å². The highest BCUT2D eigenvalue weighted by molar-refractivity contribution is 5.47. The van der Waals surface area contributed by atoms with Crippen molar-refractivity contribution in [2.45, 2.75) is 0 Å². The van der Waals surface area contributed by atoms with Gasteiger partial charge in [-0.2, -0.15) is 5.10 Å². The van der Waals surface area contributed by atoms with Crippen LogP contribution in [-0.4, -0.2) is 24.5 Å². The SMILES string of the molecule is Cn1ccc(-c2nncn2C)n1. The van der Waals surface area contributed by atoms with Crippen molar-refractivity contribution in [2.24, 2.45) is 14.1 Å². The highest BCUT2D eigenvalue weighted by atomic mass is 15.3. The molecule has 2 heterocycles. The summed E-state index contributed by atoms with van der Waals surface area (Å²) in [5.74, 6) is 0.788. The quantitative estimate of drug-likeness (QED) is 0.604. The molecule has 2 aromatic heterocycles. The van der Waals surface area contributed by atoms with Crippen LogP contribution >= 0.6 is 0 Å². The molecule has 0 unspecified atom stereocenters. The van der Waals surface area contributed by atoms with Crippen molar-refractivity contribution in [3.8, 4) is 11.5 Å². The van der Waals surface area contributed by atoms with E-state index in [1.165, 1.54) is 0 Å². The molecule has 0 atom stereocenters. The van der Waals surface area contributed by atoms with Gasteiger partial charge < -0.3 is 4.57 Å². The Morgan fingerprint density at radius 1 is 1.33 bits per heavy atom. The average molecular weight is 163 g/mol. The number of aryl methyl sites for hydroxylation is 2. The average Bonchev–Trinajstić information content (AvgIpc) is 2.58. The minimum absolute atomic E-state index is 0.788. The largest absolute Gasteiger partial charge is 0.315 e. The zero-order chi connectivity index (χ0) is 8.55. The molecular weight excluding hydrogens is 154 g/mol. The number of rotatable bonds is 1. The first-order chi connectivity index (χ1) is 5.77. The molecule has 0 spiro atoms. The van der Waals surface area contributed by atoms with E-state index in [4.69, 9.17) is 0 Å². The summed E-state index contributed by atoms with van der Waals surface area (Å²) >= 11 is 0. The van der Waals surface area contributed by atoms with E-state index in [1.54, 1.807) is 11.0 Å². The fourth-order valence-electron chi connectivity index (χ4n) is 1.05. The molecule has 62 valence electrons. The maximum Gasteiger partial charge on any atom is 0.184 e. The van der Waals surface area contributed by atoms with Crippen molar-refractivity contribution in [2.75, 3.05) is 0 Å². The van der Waals surface area contributed by atoms with Gasteiger partial charge in [-0.3, -0.25) is 4.68 Å². The van der Waals surface area contributed by atoms with Gasteiger partial charge in [-0.05, 0) is 6.07 Å². The van der Waals surface area contributed by atoms with Crippen LogP contribution in [0.1, 0.15) is 0 Å². The Balaban J connectivity index is 2.50. The zero-order valence-electron chi connectivity index (χ0n) is 6.97. The lowest BCUT2D eigenvalue weighted by Crippen LogP contribution is -1.93. The fraction of sp³-hybridized carbons (Fsp3) is 0.286. The van der Waals surface area contributed by atoms with Crippen LogP contribution in [0.15, 0.2) is 18.6 Å². The standard InChI is InChI=1S/C7H9N5/c1-11-5-8-9-7(11)6-3-4-12(2)10-6/h3-5H,1-2H3. The van der Waals surface area contributed by atoms with Gasteiger partial charge in [-0.25, -0.2) is 0 Å². The summed E-state index contributed by atoms with van der Waals surface area (Å²) in [5.41, 5.74) is 0.845. The maximum atomic E-state index is 4.21. The Morgan fingerprint density at radius 3 is 2.67 bits per heavy atom. The Morgan fingerprint density at radius 2 is 2.17 bits per heavy atom. The van der Waals surface area contributed by atoms with Crippen molar-refractivity contribution in [1.29, 1.82) is 0 Å².